The highest BCUT2D eigenvalue weighted by Gasteiger charge is 2.19. The van der Waals surface area contributed by atoms with Crippen molar-refractivity contribution >= 4 is 11.9 Å². The van der Waals surface area contributed by atoms with E-state index in [1.807, 2.05) is 0 Å². The maximum Gasteiger partial charge on any atom is 0.337 e. The molecule has 20 heavy (non-hydrogen) atoms. The number of carbonyl (C=O) groups is 2. The molecular weight excluding hydrogens is 262 g/mol. The van der Waals surface area contributed by atoms with Gasteiger partial charge < -0.3 is 19.1 Å². The largest absolute Gasteiger partial charge is 0.493 e. The summed E-state index contributed by atoms with van der Waals surface area (Å²) in [4.78, 5) is 24.6. The zero-order valence-corrected chi connectivity index (χ0v) is 12.3. The number of rotatable bonds is 5. The van der Waals surface area contributed by atoms with E-state index in [1.165, 1.54) is 25.2 Å². The van der Waals surface area contributed by atoms with E-state index in [-0.39, 0.29) is 5.91 Å². The zero-order valence-electron chi connectivity index (χ0n) is 12.3. The Morgan fingerprint density at radius 2 is 1.80 bits per heavy atom. The number of benzene rings is 1. The topological polar surface area (TPSA) is 65.1 Å². The highest BCUT2D eigenvalue weighted by Crippen LogP contribution is 2.29. The Morgan fingerprint density at radius 1 is 1.15 bits per heavy atom. The summed E-state index contributed by atoms with van der Waals surface area (Å²) in [7, 11) is 6.07. The van der Waals surface area contributed by atoms with Gasteiger partial charge in [-0.25, -0.2) is 4.79 Å². The average Bonchev–Trinajstić information content (AvgIpc) is 2.45. The predicted octanol–water partition coefficient (Wildman–Crippen LogP) is 1.34. The van der Waals surface area contributed by atoms with E-state index >= 15 is 0 Å². The molecule has 0 N–H and O–H groups in total. The van der Waals surface area contributed by atoms with Crippen molar-refractivity contribution < 1.29 is 23.8 Å². The van der Waals surface area contributed by atoms with Gasteiger partial charge in [-0.15, -0.1) is 0 Å². The maximum absolute atomic E-state index is 11.8. The van der Waals surface area contributed by atoms with E-state index in [2.05, 4.69) is 4.74 Å². The molecule has 0 saturated carbocycles. The van der Waals surface area contributed by atoms with Crippen LogP contribution in [0.25, 0.3) is 0 Å². The fourth-order valence-electron chi connectivity index (χ4n) is 1.61. The lowest BCUT2D eigenvalue weighted by atomic mass is 10.2. The highest BCUT2D eigenvalue weighted by molar-refractivity contribution is 5.90. The van der Waals surface area contributed by atoms with Crippen LogP contribution < -0.4 is 9.47 Å². The second-order valence-electron chi connectivity index (χ2n) is 4.35. The van der Waals surface area contributed by atoms with Gasteiger partial charge >= 0.3 is 5.97 Å². The third kappa shape index (κ3) is 3.63. The molecule has 0 bridgehead atoms. The molecule has 1 amide bonds. The second kappa shape index (κ2) is 6.79. The van der Waals surface area contributed by atoms with Gasteiger partial charge in [-0.1, -0.05) is 0 Å². The number of nitrogens with zero attached hydrogens (tertiary/aromatic N) is 1. The lowest BCUT2D eigenvalue weighted by Crippen LogP contribution is -2.35. The molecule has 0 radical (unpaired) electrons. The minimum absolute atomic E-state index is 0.163. The molecule has 0 aliphatic rings. The van der Waals surface area contributed by atoms with Crippen molar-refractivity contribution in [3.05, 3.63) is 23.8 Å². The van der Waals surface area contributed by atoms with Crippen molar-refractivity contribution in [2.24, 2.45) is 0 Å². The van der Waals surface area contributed by atoms with Gasteiger partial charge in [-0.2, -0.15) is 0 Å². The van der Waals surface area contributed by atoms with E-state index in [1.54, 1.807) is 33.2 Å². The molecule has 6 nitrogen and oxygen atoms in total. The van der Waals surface area contributed by atoms with Crippen molar-refractivity contribution in [3.8, 4) is 11.5 Å². The standard InChI is InChI=1S/C14H19NO5/c1-9(13(16)15(2)3)20-11-7-6-10(14(17)19-5)8-12(11)18-4/h6-9H,1-5H3/t9-/m1/s1. The normalized spacial score (nSPS) is 11.4. The van der Waals surface area contributed by atoms with Crippen LogP contribution >= 0.6 is 0 Å². The van der Waals surface area contributed by atoms with Gasteiger partial charge in [0.2, 0.25) is 0 Å². The van der Waals surface area contributed by atoms with Gasteiger partial charge in [-0.05, 0) is 25.1 Å². The predicted molar refractivity (Wildman–Crippen MR) is 73.1 cm³/mol. The highest BCUT2D eigenvalue weighted by atomic mass is 16.5. The molecule has 1 atom stereocenters. The van der Waals surface area contributed by atoms with Crippen molar-refractivity contribution in [3.63, 3.8) is 0 Å². The third-order valence-electron chi connectivity index (χ3n) is 2.68. The van der Waals surface area contributed by atoms with E-state index in [4.69, 9.17) is 9.47 Å². The Bertz CT molecular complexity index is 498. The molecule has 0 aliphatic heterocycles. The smallest absolute Gasteiger partial charge is 0.337 e. The number of esters is 1. The summed E-state index contributed by atoms with van der Waals surface area (Å²) >= 11 is 0. The number of carbonyl (C=O) groups excluding carboxylic acids is 2. The van der Waals surface area contributed by atoms with Gasteiger partial charge in [0.1, 0.15) is 0 Å². The van der Waals surface area contributed by atoms with Crippen molar-refractivity contribution in [2.75, 3.05) is 28.3 Å². The van der Waals surface area contributed by atoms with E-state index in [0.29, 0.717) is 17.1 Å². The van der Waals surface area contributed by atoms with Crippen LogP contribution in [0.3, 0.4) is 0 Å². The molecule has 1 aromatic rings. The molecule has 0 spiro atoms. The molecular formula is C14H19NO5. The lowest BCUT2D eigenvalue weighted by molar-refractivity contribution is -0.135. The van der Waals surface area contributed by atoms with Crippen LogP contribution in [0.15, 0.2) is 18.2 Å². The Hall–Kier alpha value is -2.24. The molecule has 0 fully saturated rings. The summed E-state index contributed by atoms with van der Waals surface area (Å²) < 4.78 is 15.4. The number of ether oxygens (including phenoxy) is 3. The van der Waals surface area contributed by atoms with Gasteiger partial charge in [0.05, 0.1) is 19.8 Å². The quantitative estimate of drug-likeness (QED) is 0.762. The van der Waals surface area contributed by atoms with Crippen LogP contribution in [0.1, 0.15) is 17.3 Å². The van der Waals surface area contributed by atoms with Crippen LogP contribution in [0.2, 0.25) is 0 Å². The Morgan fingerprint density at radius 3 is 2.30 bits per heavy atom. The van der Waals surface area contributed by atoms with Gasteiger partial charge in [-0.3, -0.25) is 4.79 Å². The summed E-state index contributed by atoms with van der Waals surface area (Å²) in [5.74, 6) is 0.130. The van der Waals surface area contributed by atoms with Gasteiger partial charge in [0, 0.05) is 14.1 Å². The van der Waals surface area contributed by atoms with Crippen LogP contribution in [-0.2, 0) is 9.53 Å². The fraction of sp³-hybridized carbons (Fsp3) is 0.429. The monoisotopic (exact) mass is 281 g/mol. The first-order valence-corrected chi connectivity index (χ1v) is 6.04. The van der Waals surface area contributed by atoms with E-state index in [0.717, 1.165) is 0 Å². The molecule has 0 saturated heterocycles. The molecule has 0 aliphatic carbocycles. The number of amides is 1. The van der Waals surface area contributed by atoms with Crippen LogP contribution in [-0.4, -0.2) is 51.2 Å². The summed E-state index contributed by atoms with van der Waals surface area (Å²) in [5, 5.41) is 0. The first-order valence-electron chi connectivity index (χ1n) is 6.04. The SMILES string of the molecule is COC(=O)c1ccc(O[C@H](C)C(=O)N(C)C)c(OC)c1. The summed E-state index contributed by atoms with van der Waals surface area (Å²) in [6.45, 7) is 1.65. The first-order chi connectivity index (χ1) is 9.40. The maximum atomic E-state index is 11.8. The van der Waals surface area contributed by atoms with Gasteiger partial charge in [0.15, 0.2) is 17.6 Å². The molecule has 110 valence electrons. The third-order valence-corrected chi connectivity index (χ3v) is 2.68. The van der Waals surface area contributed by atoms with Crippen molar-refractivity contribution in [2.45, 2.75) is 13.0 Å². The summed E-state index contributed by atoms with van der Waals surface area (Å²) in [6, 6.07) is 4.63. The second-order valence-corrected chi connectivity index (χ2v) is 4.35. The van der Waals surface area contributed by atoms with E-state index in [9.17, 15) is 9.59 Å². The number of hydrogen-bond donors (Lipinski definition) is 0. The van der Waals surface area contributed by atoms with E-state index < -0.39 is 12.1 Å². The first kappa shape index (κ1) is 15.8. The number of likely N-dealkylation sites (N-methyl/N-ethyl adjacent to an activating group) is 1. The van der Waals surface area contributed by atoms with Gasteiger partial charge in [0.25, 0.3) is 5.91 Å². The van der Waals surface area contributed by atoms with Crippen LogP contribution in [0.5, 0.6) is 11.5 Å². The Labute approximate surface area is 118 Å². The lowest BCUT2D eigenvalue weighted by Gasteiger charge is -2.19. The average molecular weight is 281 g/mol. The molecule has 0 aromatic heterocycles. The van der Waals surface area contributed by atoms with Crippen molar-refractivity contribution in [1.82, 2.24) is 4.90 Å². The fourth-order valence-corrected chi connectivity index (χ4v) is 1.61. The number of hydrogen-bond acceptors (Lipinski definition) is 5. The molecule has 0 unspecified atom stereocenters. The Kier molecular flexibility index (Phi) is 5.37. The molecule has 1 rings (SSSR count). The molecule has 6 heteroatoms. The molecule has 0 heterocycles. The van der Waals surface area contributed by atoms with Crippen LogP contribution in [0.4, 0.5) is 0 Å². The minimum atomic E-state index is -0.650. The van der Waals surface area contributed by atoms with Crippen molar-refractivity contribution in [1.29, 1.82) is 0 Å². The molecule has 1 aromatic carbocycles. The zero-order chi connectivity index (χ0) is 15.3. The Balaban J connectivity index is 2.96. The minimum Gasteiger partial charge on any atom is -0.493 e. The number of methoxy groups -OCH3 is 2. The van der Waals surface area contributed by atoms with Crippen LogP contribution in [0, 0.1) is 0 Å². The summed E-state index contributed by atoms with van der Waals surface area (Å²) in [5.41, 5.74) is 0.350. The summed E-state index contributed by atoms with van der Waals surface area (Å²) in [6.07, 6.45) is -0.650.